The summed E-state index contributed by atoms with van der Waals surface area (Å²) in [6.07, 6.45) is 3.34. The summed E-state index contributed by atoms with van der Waals surface area (Å²) in [7, 11) is 3.24. The molecule has 1 heterocycles. The topological polar surface area (TPSA) is 110 Å². The number of ether oxygens (including phenoxy) is 3. The Labute approximate surface area is 170 Å². The van der Waals surface area contributed by atoms with Gasteiger partial charge in [-0.2, -0.15) is 0 Å². The third-order valence-corrected chi connectivity index (χ3v) is 3.72. The van der Waals surface area contributed by atoms with E-state index < -0.39 is 6.23 Å². The number of aromatic nitrogens is 2. The minimum atomic E-state index is -0.457. The van der Waals surface area contributed by atoms with Crippen LogP contribution in [0.1, 0.15) is 19.2 Å². The highest BCUT2D eigenvalue weighted by atomic mass is 16.5. The number of rotatable bonds is 10. The van der Waals surface area contributed by atoms with Gasteiger partial charge in [-0.05, 0) is 31.5 Å². The second-order valence-electron chi connectivity index (χ2n) is 5.83. The molecule has 1 aromatic heterocycles. The van der Waals surface area contributed by atoms with Crippen molar-refractivity contribution in [3.05, 3.63) is 48.5 Å². The van der Waals surface area contributed by atoms with Crippen molar-refractivity contribution in [2.75, 3.05) is 34.0 Å². The fourth-order valence-corrected chi connectivity index (χ4v) is 2.28. The molecule has 0 aliphatic rings. The molecule has 29 heavy (non-hydrogen) atoms. The first-order valence-electron chi connectivity index (χ1n) is 9.24. The largest absolute Gasteiger partial charge is 0.493 e. The Bertz CT molecular complexity index is 798. The van der Waals surface area contributed by atoms with Crippen molar-refractivity contribution in [2.45, 2.75) is 19.6 Å². The molecule has 0 saturated heterocycles. The van der Waals surface area contributed by atoms with Crippen molar-refractivity contribution in [1.29, 1.82) is 0 Å². The van der Waals surface area contributed by atoms with Crippen molar-refractivity contribution in [3.8, 4) is 11.5 Å². The summed E-state index contributed by atoms with van der Waals surface area (Å²) in [6, 6.07) is 9.10. The lowest BCUT2D eigenvalue weighted by Crippen LogP contribution is -2.37. The molecule has 2 aromatic rings. The van der Waals surface area contributed by atoms with Gasteiger partial charge in [-0.1, -0.05) is 12.1 Å². The molecule has 156 valence electrons. The Balaban J connectivity index is 2.11. The number of nitrogens with zero attached hydrogens (tertiary/aromatic N) is 4. The van der Waals surface area contributed by atoms with Crippen LogP contribution in [-0.2, 0) is 4.74 Å². The van der Waals surface area contributed by atoms with E-state index in [2.05, 4.69) is 25.3 Å². The van der Waals surface area contributed by atoms with E-state index in [1.165, 1.54) is 0 Å². The Morgan fingerprint density at radius 2 is 1.90 bits per heavy atom. The second-order valence-corrected chi connectivity index (χ2v) is 5.83. The third kappa shape index (κ3) is 7.47. The maximum atomic E-state index is 8.89. The molecule has 0 radical (unpaired) electrons. The van der Waals surface area contributed by atoms with Crippen LogP contribution in [0.15, 0.2) is 52.7 Å². The lowest BCUT2D eigenvalue weighted by Gasteiger charge is -2.15. The van der Waals surface area contributed by atoms with Gasteiger partial charge in [0, 0.05) is 26.0 Å². The molecule has 9 nitrogen and oxygen atoms in total. The maximum absolute atomic E-state index is 8.89. The lowest BCUT2D eigenvalue weighted by molar-refractivity contribution is 0.0615. The number of nitrogens with one attached hydrogen (secondary N) is 1. The van der Waals surface area contributed by atoms with Crippen LogP contribution in [0.2, 0.25) is 0 Å². The molecule has 1 atom stereocenters. The molecular formula is C20H27N5O4. The summed E-state index contributed by atoms with van der Waals surface area (Å²) in [6.45, 7) is 2.44. The summed E-state index contributed by atoms with van der Waals surface area (Å²) >= 11 is 0. The minimum absolute atomic E-state index is 0.0657. The molecule has 0 amide bonds. The van der Waals surface area contributed by atoms with Gasteiger partial charge in [-0.25, -0.2) is 15.0 Å². The molecule has 0 aliphatic heterocycles. The maximum Gasteiger partial charge on any atom is 0.195 e. The molecule has 0 saturated carbocycles. The van der Waals surface area contributed by atoms with E-state index in [4.69, 9.17) is 19.3 Å². The number of hydrogen-bond acceptors (Lipinski definition) is 8. The zero-order chi connectivity index (χ0) is 20.9. The molecule has 0 spiro atoms. The van der Waals surface area contributed by atoms with E-state index in [1.807, 2.05) is 24.3 Å². The van der Waals surface area contributed by atoms with Gasteiger partial charge in [0.1, 0.15) is 18.7 Å². The fraction of sp³-hybridized carbons (Fsp3) is 0.400. The Morgan fingerprint density at radius 1 is 1.17 bits per heavy atom. The molecule has 0 fully saturated rings. The molecular weight excluding hydrogens is 374 g/mol. The van der Waals surface area contributed by atoms with Crippen LogP contribution in [0, 0.1) is 0 Å². The highest BCUT2D eigenvalue weighted by Gasteiger charge is 2.13. The van der Waals surface area contributed by atoms with E-state index >= 15 is 0 Å². The van der Waals surface area contributed by atoms with Crippen molar-refractivity contribution in [2.24, 2.45) is 9.98 Å². The summed E-state index contributed by atoms with van der Waals surface area (Å²) in [5.74, 6) is 2.58. The molecule has 2 N–H and O–H groups in total. The molecule has 2 rings (SSSR count). The van der Waals surface area contributed by atoms with Crippen molar-refractivity contribution < 1.29 is 19.3 Å². The molecule has 9 heteroatoms. The zero-order valence-electron chi connectivity index (χ0n) is 16.9. The summed E-state index contributed by atoms with van der Waals surface area (Å²) < 4.78 is 16.7. The Kier molecular flexibility index (Phi) is 9.53. The average molecular weight is 401 g/mol. The molecule has 1 unspecified atom stereocenters. The van der Waals surface area contributed by atoms with E-state index in [-0.39, 0.29) is 13.2 Å². The average Bonchev–Trinajstić information content (AvgIpc) is 2.76. The number of hydrogen-bond donors (Lipinski definition) is 2. The highest BCUT2D eigenvalue weighted by Crippen LogP contribution is 2.25. The number of amidine groups is 2. The van der Waals surface area contributed by atoms with Gasteiger partial charge in [-0.3, -0.25) is 4.99 Å². The van der Waals surface area contributed by atoms with Crippen LogP contribution in [0.5, 0.6) is 11.5 Å². The standard InChI is InChI=1S/C20H27N5O4/c1-15(28-13-7-12-26)24-20(19-22-10-6-11-23-19)25-18(21-2)14-29-17-9-5-4-8-16(17)27-3/h4-6,8-11,15,26H,7,12-14H2,1-3H3,(H,21,24,25). The lowest BCUT2D eigenvalue weighted by atomic mass is 10.3. The van der Waals surface area contributed by atoms with E-state index in [0.717, 1.165) is 0 Å². The predicted molar refractivity (Wildman–Crippen MR) is 111 cm³/mol. The number of para-hydroxylation sites is 2. The van der Waals surface area contributed by atoms with Crippen LogP contribution in [-0.4, -0.2) is 67.0 Å². The number of benzene rings is 1. The first-order valence-corrected chi connectivity index (χ1v) is 9.24. The SMILES string of the molecule is CN=C(COc1ccccc1OC)N/C(=N\C(C)OCCCO)c1ncccn1. The van der Waals surface area contributed by atoms with Gasteiger partial charge < -0.3 is 24.6 Å². The smallest absolute Gasteiger partial charge is 0.195 e. The summed E-state index contributed by atoms with van der Waals surface area (Å²) in [5, 5.41) is 12.0. The fourth-order valence-electron chi connectivity index (χ4n) is 2.28. The highest BCUT2D eigenvalue weighted by molar-refractivity contribution is 6.07. The van der Waals surface area contributed by atoms with Crippen molar-refractivity contribution in [1.82, 2.24) is 15.3 Å². The molecule has 0 bridgehead atoms. The first kappa shape index (κ1) is 22.3. The number of methoxy groups -OCH3 is 1. The van der Waals surface area contributed by atoms with Gasteiger partial charge >= 0.3 is 0 Å². The Morgan fingerprint density at radius 3 is 2.55 bits per heavy atom. The normalized spacial score (nSPS) is 13.1. The van der Waals surface area contributed by atoms with Crippen LogP contribution in [0.4, 0.5) is 0 Å². The van der Waals surface area contributed by atoms with Crippen LogP contribution >= 0.6 is 0 Å². The van der Waals surface area contributed by atoms with Crippen molar-refractivity contribution >= 4 is 11.7 Å². The van der Waals surface area contributed by atoms with Crippen LogP contribution in [0.25, 0.3) is 0 Å². The van der Waals surface area contributed by atoms with E-state index in [9.17, 15) is 0 Å². The second kappa shape index (κ2) is 12.4. The van der Waals surface area contributed by atoms with E-state index in [0.29, 0.717) is 42.0 Å². The quantitative estimate of drug-likeness (QED) is 0.354. The first-order chi connectivity index (χ1) is 14.2. The number of aliphatic hydroxyl groups is 1. The van der Waals surface area contributed by atoms with Gasteiger partial charge in [0.25, 0.3) is 0 Å². The zero-order valence-corrected chi connectivity index (χ0v) is 16.9. The molecule has 0 aliphatic carbocycles. The van der Waals surface area contributed by atoms with Crippen molar-refractivity contribution in [3.63, 3.8) is 0 Å². The minimum Gasteiger partial charge on any atom is -0.493 e. The van der Waals surface area contributed by atoms with Crippen LogP contribution in [0.3, 0.4) is 0 Å². The monoisotopic (exact) mass is 401 g/mol. The predicted octanol–water partition coefficient (Wildman–Crippen LogP) is 1.67. The summed E-state index contributed by atoms with van der Waals surface area (Å²) in [4.78, 5) is 17.2. The number of aliphatic hydroxyl groups excluding tert-OH is 1. The number of aliphatic imine (C=N–C) groups is 2. The van der Waals surface area contributed by atoms with E-state index in [1.54, 1.807) is 39.5 Å². The van der Waals surface area contributed by atoms with Gasteiger partial charge in [-0.15, -0.1) is 0 Å². The van der Waals surface area contributed by atoms with Gasteiger partial charge in [0.15, 0.2) is 23.2 Å². The Hall–Kier alpha value is -3.04. The van der Waals surface area contributed by atoms with Gasteiger partial charge in [0.05, 0.1) is 13.7 Å². The van der Waals surface area contributed by atoms with Gasteiger partial charge in [0.2, 0.25) is 0 Å². The van der Waals surface area contributed by atoms with Crippen LogP contribution < -0.4 is 14.8 Å². The summed E-state index contributed by atoms with van der Waals surface area (Å²) in [5.41, 5.74) is 0. The third-order valence-electron chi connectivity index (χ3n) is 3.72. The molecule has 1 aromatic carbocycles.